The number of ether oxygens (including phenoxy) is 1. The van der Waals surface area contributed by atoms with Gasteiger partial charge >= 0.3 is 0 Å². The summed E-state index contributed by atoms with van der Waals surface area (Å²) in [5.74, 6) is 0. The third-order valence-corrected chi connectivity index (χ3v) is 5.12. The number of rotatable bonds is 5. The SMILES string of the molecule is C[C@H]1O[C@@H](c2ccncc2[N+](=O)[O-])C[C@@H](NCc2ccccc2)[C@]1(C)O. The second-order valence-electron chi connectivity index (χ2n) is 6.84. The molecule has 0 radical (unpaired) electrons. The quantitative estimate of drug-likeness (QED) is 0.631. The minimum Gasteiger partial charge on any atom is -0.386 e. The van der Waals surface area contributed by atoms with E-state index in [1.807, 2.05) is 30.3 Å². The lowest BCUT2D eigenvalue weighted by atomic mass is 9.82. The van der Waals surface area contributed by atoms with Crippen LogP contribution >= 0.6 is 0 Å². The third kappa shape index (κ3) is 3.75. The molecule has 1 aliphatic heterocycles. The van der Waals surface area contributed by atoms with Crippen molar-refractivity contribution < 1.29 is 14.8 Å². The number of nitro groups is 1. The zero-order valence-corrected chi connectivity index (χ0v) is 14.8. The van der Waals surface area contributed by atoms with Crippen molar-refractivity contribution >= 4 is 5.69 Å². The molecule has 1 fully saturated rings. The van der Waals surface area contributed by atoms with E-state index in [1.165, 1.54) is 12.4 Å². The molecule has 0 unspecified atom stereocenters. The van der Waals surface area contributed by atoms with Crippen molar-refractivity contribution in [3.8, 4) is 0 Å². The first-order valence-electron chi connectivity index (χ1n) is 8.63. The van der Waals surface area contributed by atoms with E-state index in [2.05, 4.69) is 10.3 Å². The first-order valence-corrected chi connectivity index (χ1v) is 8.63. The van der Waals surface area contributed by atoms with Crippen molar-refractivity contribution in [1.82, 2.24) is 10.3 Å². The smallest absolute Gasteiger partial charge is 0.293 e. The van der Waals surface area contributed by atoms with Gasteiger partial charge in [-0.15, -0.1) is 0 Å². The molecule has 0 amide bonds. The second kappa shape index (κ2) is 7.49. The highest BCUT2D eigenvalue weighted by atomic mass is 16.6. The maximum absolute atomic E-state index is 11.3. The molecule has 2 N–H and O–H groups in total. The average molecular weight is 357 g/mol. The summed E-state index contributed by atoms with van der Waals surface area (Å²) in [5, 5.41) is 25.6. The van der Waals surface area contributed by atoms with Crippen LogP contribution in [0, 0.1) is 10.1 Å². The van der Waals surface area contributed by atoms with Crippen LogP contribution in [-0.2, 0) is 11.3 Å². The van der Waals surface area contributed by atoms with Crippen LogP contribution in [0.4, 0.5) is 5.69 Å². The maximum Gasteiger partial charge on any atom is 0.293 e. The lowest BCUT2D eigenvalue weighted by molar-refractivity contribution is -0.386. The van der Waals surface area contributed by atoms with Crippen LogP contribution in [0.5, 0.6) is 0 Å². The molecule has 0 saturated carbocycles. The van der Waals surface area contributed by atoms with Gasteiger partial charge in [-0.25, -0.2) is 0 Å². The molecular formula is C19H23N3O4. The van der Waals surface area contributed by atoms with Gasteiger partial charge in [-0.3, -0.25) is 15.1 Å². The molecule has 3 rings (SSSR count). The van der Waals surface area contributed by atoms with E-state index < -0.39 is 22.7 Å². The summed E-state index contributed by atoms with van der Waals surface area (Å²) in [6, 6.07) is 11.2. The van der Waals surface area contributed by atoms with Gasteiger partial charge in [-0.2, -0.15) is 0 Å². The number of pyridine rings is 1. The molecule has 1 aromatic heterocycles. The van der Waals surface area contributed by atoms with Gasteiger partial charge in [-0.05, 0) is 31.9 Å². The minimum atomic E-state index is -1.09. The number of nitrogens with zero attached hydrogens (tertiary/aromatic N) is 2. The van der Waals surface area contributed by atoms with Gasteiger partial charge in [-0.1, -0.05) is 30.3 Å². The molecule has 138 valence electrons. The van der Waals surface area contributed by atoms with Gasteiger partial charge in [0.25, 0.3) is 5.69 Å². The van der Waals surface area contributed by atoms with Gasteiger partial charge in [0.2, 0.25) is 0 Å². The summed E-state index contributed by atoms with van der Waals surface area (Å²) in [7, 11) is 0. The van der Waals surface area contributed by atoms with Crippen LogP contribution < -0.4 is 5.32 Å². The number of hydrogen-bond acceptors (Lipinski definition) is 6. The van der Waals surface area contributed by atoms with E-state index >= 15 is 0 Å². The molecular weight excluding hydrogens is 334 g/mol. The molecule has 2 heterocycles. The largest absolute Gasteiger partial charge is 0.386 e. The zero-order valence-electron chi connectivity index (χ0n) is 14.8. The fraction of sp³-hybridized carbons (Fsp3) is 0.421. The Kier molecular flexibility index (Phi) is 5.31. The summed E-state index contributed by atoms with van der Waals surface area (Å²) in [5.41, 5.74) is 0.438. The van der Waals surface area contributed by atoms with Crippen molar-refractivity contribution in [1.29, 1.82) is 0 Å². The highest BCUT2D eigenvalue weighted by molar-refractivity contribution is 5.39. The van der Waals surface area contributed by atoms with Gasteiger partial charge in [0.05, 0.1) is 22.7 Å². The van der Waals surface area contributed by atoms with Crippen LogP contribution in [0.15, 0.2) is 48.8 Å². The highest BCUT2D eigenvalue weighted by Gasteiger charge is 2.46. The Morgan fingerprint density at radius 1 is 1.38 bits per heavy atom. The Labute approximate surface area is 152 Å². The van der Waals surface area contributed by atoms with E-state index in [9.17, 15) is 15.2 Å². The number of benzene rings is 1. The van der Waals surface area contributed by atoms with E-state index in [0.717, 1.165) is 5.56 Å². The van der Waals surface area contributed by atoms with E-state index in [-0.39, 0.29) is 11.7 Å². The maximum atomic E-state index is 11.3. The van der Waals surface area contributed by atoms with Gasteiger partial charge in [0, 0.05) is 18.8 Å². The molecule has 0 aliphatic carbocycles. The van der Waals surface area contributed by atoms with E-state index in [0.29, 0.717) is 18.5 Å². The molecule has 26 heavy (non-hydrogen) atoms. The van der Waals surface area contributed by atoms with E-state index in [4.69, 9.17) is 4.74 Å². The lowest BCUT2D eigenvalue weighted by Crippen LogP contribution is -2.59. The summed E-state index contributed by atoms with van der Waals surface area (Å²) in [6.07, 6.45) is 2.22. The molecule has 1 aromatic carbocycles. The molecule has 7 nitrogen and oxygen atoms in total. The molecule has 0 spiro atoms. The Hall–Kier alpha value is -2.35. The first-order chi connectivity index (χ1) is 12.4. The monoisotopic (exact) mass is 357 g/mol. The van der Waals surface area contributed by atoms with Crippen molar-refractivity contribution in [2.45, 2.75) is 50.7 Å². The summed E-state index contributed by atoms with van der Waals surface area (Å²) >= 11 is 0. The topological polar surface area (TPSA) is 97.5 Å². The van der Waals surface area contributed by atoms with Crippen LogP contribution in [-0.4, -0.2) is 32.8 Å². The zero-order chi connectivity index (χ0) is 18.7. The van der Waals surface area contributed by atoms with Crippen molar-refractivity contribution in [3.05, 3.63) is 70.0 Å². The fourth-order valence-corrected chi connectivity index (χ4v) is 3.32. The van der Waals surface area contributed by atoms with Crippen LogP contribution in [0.25, 0.3) is 0 Å². The summed E-state index contributed by atoms with van der Waals surface area (Å²) in [4.78, 5) is 14.7. The van der Waals surface area contributed by atoms with Crippen LogP contribution in [0.3, 0.4) is 0 Å². The van der Waals surface area contributed by atoms with E-state index in [1.54, 1.807) is 19.9 Å². The molecule has 4 atom stereocenters. The minimum absolute atomic E-state index is 0.0620. The number of hydrogen-bond donors (Lipinski definition) is 2. The lowest BCUT2D eigenvalue weighted by Gasteiger charge is -2.45. The molecule has 0 bridgehead atoms. The third-order valence-electron chi connectivity index (χ3n) is 5.12. The number of aliphatic hydroxyl groups is 1. The van der Waals surface area contributed by atoms with Crippen molar-refractivity contribution in [2.24, 2.45) is 0 Å². The van der Waals surface area contributed by atoms with Crippen LogP contribution in [0.2, 0.25) is 0 Å². The van der Waals surface area contributed by atoms with Crippen molar-refractivity contribution in [2.75, 3.05) is 0 Å². The van der Waals surface area contributed by atoms with Gasteiger partial charge in [0.1, 0.15) is 11.8 Å². The average Bonchev–Trinajstić information content (AvgIpc) is 2.63. The predicted octanol–water partition coefficient (Wildman–Crippen LogP) is 2.75. The molecule has 7 heteroatoms. The summed E-state index contributed by atoms with van der Waals surface area (Å²) < 4.78 is 5.94. The molecule has 1 saturated heterocycles. The molecule has 1 aliphatic rings. The summed E-state index contributed by atoms with van der Waals surface area (Å²) in [6.45, 7) is 4.12. The Bertz CT molecular complexity index is 766. The molecule has 2 aromatic rings. The Morgan fingerprint density at radius 2 is 2.12 bits per heavy atom. The first kappa shape index (κ1) is 18.4. The van der Waals surface area contributed by atoms with Crippen molar-refractivity contribution in [3.63, 3.8) is 0 Å². The second-order valence-corrected chi connectivity index (χ2v) is 6.84. The standard InChI is InChI=1S/C19H23N3O4/c1-13-19(2,23)18(21-11-14-6-4-3-5-7-14)10-17(26-13)15-8-9-20-12-16(15)22(24)25/h3-9,12-13,17-18,21,23H,10-11H2,1-2H3/t13-,17-,18-,19-/m1/s1. The Morgan fingerprint density at radius 3 is 2.81 bits per heavy atom. The normalized spacial score (nSPS) is 28.7. The predicted molar refractivity (Wildman–Crippen MR) is 96.5 cm³/mol. The number of aromatic nitrogens is 1. The van der Waals surface area contributed by atoms with Crippen LogP contribution in [0.1, 0.15) is 37.5 Å². The number of nitrogens with one attached hydrogen (secondary N) is 1. The van der Waals surface area contributed by atoms with Gasteiger partial charge < -0.3 is 15.2 Å². The highest BCUT2D eigenvalue weighted by Crippen LogP contribution is 2.39. The fourth-order valence-electron chi connectivity index (χ4n) is 3.32. The Balaban J connectivity index is 1.81. The van der Waals surface area contributed by atoms with Gasteiger partial charge in [0.15, 0.2) is 0 Å².